The summed E-state index contributed by atoms with van der Waals surface area (Å²) in [5, 5.41) is 3.55. The fourth-order valence-corrected chi connectivity index (χ4v) is 4.37. The van der Waals surface area contributed by atoms with Crippen LogP contribution in [0, 0.1) is 6.92 Å². The number of rotatable bonds is 3. The van der Waals surface area contributed by atoms with E-state index in [0.29, 0.717) is 21.8 Å². The molecular formula is C22H24ClN3O2. The monoisotopic (exact) mass is 397 g/mol. The summed E-state index contributed by atoms with van der Waals surface area (Å²) in [5.41, 5.74) is 3.59. The smallest absolute Gasteiger partial charge is 0.257 e. The minimum atomic E-state index is -0.206. The van der Waals surface area contributed by atoms with E-state index in [9.17, 15) is 9.59 Å². The molecule has 2 aliphatic heterocycles. The molecule has 146 valence electrons. The maximum Gasteiger partial charge on any atom is 0.257 e. The quantitative estimate of drug-likeness (QED) is 0.817. The summed E-state index contributed by atoms with van der Waals surface area (Å²) in [7, 11) is 0. The van der Waals surface area contributed by atoms with Crippen molar-refractivity contribution in [2.75, 3.05) is 23.3 Å². The van der Waals surface area contributed by atoms with Crippen molar-refractivity contribution < 1.29 is 9.59 Å². The lowest BCUT2D eigenvalue weighted by molar-refractivity contribution is 0.0582. The first-order valence-corrected chi connectivity index (χ1v) is 10.2. The SMILES string of the molecule is CCN1c2cc(C(=O)Nc3cccc(Cl)c3C)ccc2C(=O)N2CCCC[C@H]21. The number of amides is 2. The zero-order valence-corrected chi connectivity index (χ0v) is 16.9. The fraction of sp³-hybridized carbons (Fsp3) is 0.364. The van der Waals surface area contributed by atoms with E-state index >= 15 is 0 Å². The van der Waals surface area contributed by atoms with E-state index in [0.717, 1.165) is 43.6 Å². The lowest BCUT2D eigenvalue weighted by Gasteiger charge is -2.47. The average Bonchev–Trinajstić information content (AvgIpc) is 2.71. The van der Waals surface area contributed by atoms with Gasteiger partial charge in [-0.05, 0) is 69.0 Å². The van der Waals surface area contributed by atoms with Crippen molar-refractivity contribution in [2.24, 2.45) is 0 Å². The predicted molar refractivity (Wildman–Crippen MR) is 112 cm³/mol. The summed E-state index contributed by atoms with van der Waals surface area (Å²) in [6, 6.07) is 10.8. The summed E-state index contributed by atoms with van der Waals surface area (Å²) >= 11 is 6.16. The largest absolute Gasteiger partial charge is 0.351 e. The molecule has 1 atom stereocenters. The summed E-state index contributed by atoms with van der Waals surface area (Å²) in [6.07, 6.45) is 3.23. The molecule has 2 aliphatic rings. The zero-order chi connectivity index (χ0) is 19.8. The number of halogens is 1. The van der Waals surface area contributed by atoms with E-state index in [-0.39, 0.29) is 18.0 Å². The summed E-state index contributed by atoms with van der Waals surface area (Å²) in [6.45, 7) is 5.56. The molecule has 2 aromatic carbocycles. The normalized spacial score (nSPS) is 18.5. The minimum absolute atomic E-state index is 0.0713. The number of carbonyl (C=O) groups excluding carboxylic acids is 2. The molecule has 0 spiro atoms. The second-order valence-electron chi connectivity index (χ2n) is 7.36. The van der Waals surface area contributed by atoms with E-state index in [1.54, 1.807) is 18.2 Å². The second kappa shape index (κ2) is 7.47. The van der Waals surface area contributed by atoms with Gasteiger partial charge in [0.1, 0.15) is 6.17 Å². The first-order valence-electron chi connectivity index (χ1n) is 9.79. The molecule has 0 aromatic heterocycles. The van der Waals surface area contributed by atoms with Crippen molar-refractivity contribution in [1.82, 2.24) is 4.90 Å². The molecule has 28 heavy (non-hydrogen) atoms. The van der Waals surface area contributed by atoms with Crippen LogP contribution in [0.4, 0.5) is 11.4 Å². The average molecular weight is 398 g/mol. The Morgan fingerprint density at radius 1 is 1.25 bits per heavy atom. The van der Waals surface area contributed by atoms with Crippen LogP contribution in [0.25, 0.3) is 0 Å². The molecule has 4 rings (SSSR count). The number of carbonyl (C=O) groups is 2. The van der Waals surface area contributed by atoms with Gasteiger partial charge in [0.05, 0.1) is 11.3 Å². The van der Waals surface area contributed by atoms with Gasteiger partial charge in [0.15, 0.2) is 0 Å². The van der Waals surface area contributed by atoms with Crippen LogP contribution in [0.15, 0.2) is 36.4 Å². The van der Waals surface area contributed by atoms with Gasteiger partial charge in [-0.15, -0.1) is 0 Å². The summed E-state index contributed by atoms with van der Waals surface area (Å²) < 4.78 is 0. The standard InChI is InChI=1S/C22H24ClN3O2/c1-3-25-19-13-15(21(27)24-18-8-6-7-17(23)14(18)2)10-11-16(19)22(28)26-12-5-4-9-20(25)26/h6-8,10-11,13,20H,3-5,9,12H2,1-2H3,(H,24,27)/t20-/m0/s1. The Balaban J connectivity index is 1.67. The van der Waals surface area contributed by atoms with Crippen LogP contribution < -0.4 is 10.2 Å². The van der Waals surface area contributed by atoms with E-state index in [2.05, 4.69) is 17.1 Å². The van der Waals surface area contributed by atoms with Crippen molar-refractivity contribution in [3.8, 4) is 0 Å². The van der Waals surface area contributed by atoms with E-state index in [4.69, 9.17) is 11.6 Å². The Kier molecular flexibility index (Phi) is 5.02. The van der Waals surface area contributed by atoms with Crippen molar-refractivity contribution in [1.29, 1.82) is 0 Å². The number of benzene rings is 2. The maximum atomic E-state index is 13.0. The molecule has 1 saturated heterocycles. The molecule has 5 nitrogen and oxygen atoms in total. The van der Waals surface area contributed by atoms with Crippen LogP contribution in [0.5, 0.6) is 0 Å². The molecule has 1 fully saturated rings. The first kappa shape index (κ1) is 18.8. The highest BCUT2D eigenvalue weighted by molar-refractivity contribution is 6.31. The topological polar surface area (TPSA) is 52.7 Å². The van der Waals surface area contributed by atoms with Gasteiger partial charge >= 0.3 is 0 Å². The third-order valence-corrected chi connectivity index (χ3v) is 6.16. The molecule has 2 heterocycles. The van der Waals surface area contributed by atoms with Crippen molar-refractivity contribution in [3.63, 3.8) is 0 Å². The molecule has 1 N–H and O–H groups in total. The van der Waals surface area contributed by atoms with Crippen molar-refractivity contribution >= 4 is 34.8 Å². The molecule has 0 unspecified atom stereocenters. The zero-order valence-electron chi connectivity index (χ0n) is 16.2. The van der Waals surface area contributed by atoms with Gasteiger partial charge in [0.2, 0.25) is 0 Å². The molecule has 0 bridgehead atoms. The number of nitrogens with zero attached hydrogens (tertiary/aromatic N) is 2. The van der Waals surface area contributed by atoms with Gasteiger partial charge in [0, 0.05) is 29.4 Å². The van der Waals surface area contributed by atoms with Crippen LogP contribution >= 0.6 is 11.6 Å². The van der Waals surface area contributed by atoms with Crippen molar-refractivity contribution in [3.05, 3.63) is 58.1 Å². The highest BCUT2D eigenvalue weighted by Crippen LogP contribution is 2.36. The third-order valence-electron chi connectivity index (χ3n) is 5.75. The van der Waals surface area contributed by atoms with Gasteiger partial charge in [0.25, 0.3) is 11.8 Å². The lowest BCUT2D eigenvalue weighted by Crippen LogP contribution is -2.57. The number of hydrogen-bond donors (Lipinski definition) is 1. The number of anilines is 2. The molecule has 6 heteroatoms. The fourth-order valence-electron chi connectivity index (χ4n) is 4.20. The first-order chi connectivity index (χ1) is 13.5. The van der Waals surface area contributed by atoms with Crippen LogP contribution in [0.1, 0.15) is 52.5 Å². The van der Waals surface area contributed by atoms with E-state index in [1.165, 1.54) is 0 Å². The number of fused-ring (bicyclic) bond motifs is 2. The predicted octanol–water partition coefficient (Wildman–Crippen LogP) is 4.69. The van der Waals surface area contributed by atoms with Crippen molar-refractivity contribution in [2.45, 2.75) is 39.3 Å². The van der Waals surface area contributed by atoms with Gasteiger partial charge in [-0.3, -0.25) is 9.59 Å². The van der Waals surface area contributed by atoms with Crippen LogP contribution in [0.2, 0.25) is 5.02 Å². The number of piperidine rings is 1. The van der Waals surface area contributed by atoms with Gasteiger partial charge in [-0.2, -0.15) is 0 Å². The van der Waals surface area contributed by atoms with Crippen LogP contribution in [-0.2, 0) is 0 Å². The number of nitrogens with one attached hydrogen (secondary N) is 1. The molecule has 0 saturated carbocycles. The Morgan fingerprint density at radius 2 is 2.07 bits per heavy atom. The highest BCUT2D eigenvalue weighted by atomic mass is 35.5. The van der Waals surface area contributed by atoms with Crippen LogP contribution in [-0.4, -0.2) is 36.0 Å². The molecule has 2 amide bonds. The Bertz CT molecular complexity index is 943. The van der Waals surface area contributed by atoms with E-state index in [1.807, 2.05) is 30.0 Å². The Labute approximate surface area is 170 Å². The Hall–Kier alpha value is -2.53. The molecule has 2 aromatic rings. The minimum Gasteiger partial charge on any atom is -0.351 e. The van der Waals surface area contributed by atoms with Crippen LogP contribution in [0.3, 0.4) is 0 Å². The summed E-state index contributed by atoms with van der Waals surface area (Å²) in [5.74, 6) is -0.134. The van der Waals surface area contributed by atoms with Gasteiger partial charge in [-0.1, -0.05) is 17.7 Å². The lowest BCUT2D eigenvalue weighted by atomic mass is 9.97. The second-order valence-corrected chi connectivity index (χ2v) is 7.77. The summed E-state index contributed by atoms with van der Waals surface area (Å²) in [4.78, 5) is 30.0. The molecule has 0 aliphatic carbocycles. The van der Waals surface area contributed by atoms with Gasteiger partial charge in [-0.25, -0.2) is 0 Å². The third kappa shape index (κ3) is 3.14. The molecular weight excluding hydrogens is 374 g/mol. The van der Waals surface area contributed by atoms with E-state index < -0.39 is 0 Å². The Morgan fingerprint density at radius 3 is 2.86 bits per heavy atom. The highest BCUT2D eigenvalue weighted by Gasteiger charge is 2.38. The maximum absolute atomic E-state index is 13.0. The van der Waals surface area contributed by atoms with Gasteiger partial charge < -0.3 is 15.1 Å². The number of hydrogen-bond acceptors (Lipinski definition) is 3. The molecule has 0 radical (unpaired) electrons.